The number of rotatable bonds is 2. The van der Waals surface area contributed by atoms with Gasteiger partial charge in [0.15, 0.2) is 0 Å². The van der Waals surface area contributed by atoms with Gasteiger partial charge in [-0.1, -0.05) is 36.4 Å². The van der Waals surface area contributed by atoms with Crippen molar-refractivity contribution in [3.8, 4) is 0 Å². The lowest BCUT2D eigenvalue weighted by molar-refractivity contribution is 1.44. The summed E-state index contributed by atoms with van der Waals surface area (Å²) in [6, 6.07) is 0. The average molecular weight is 143 g/mol. The molecule has 0 aliphatic rings. The molecule has 1 heteroatoms. The van der Waals surface area contributed by atoms with E-state index in [9.17, 15) is 0 Å². The van der Waals surface area contributed by atoms with Crippen LogP contribution in [0.3, 0.4) is 0 Å². The minimum Gasteiger partial charge on any atom is -0.0991 e. The molecular weight excluding hydrogens is 132 g/mol. The van der Waals surface area contributed by atoms with Crippen LogP contribution in [0.5, 0.6) is 0 Å². The Morgan fingerprint density at radius 2 is 2.00 bits per heavy atom. The third-order valence-corrected chi connectivity index (χ3v) is 1.32. The molecule has 0 aromatic rings. The maximum absolute atomic E-state index is 5.66. The zero-order valence-corrected chi connectivity index (χ0v) is 6.57. The molecule has 0 aliphatic heterocycles. The van der Waals surface area contributed by atoms with Gasteiger partial charge >= 0.3 is 0 Å². The summed E-state index contributed by atoms with van der Waals surface area (Å²) < 4.78 is 0. The van der Waals surface area contributed by atoms with Crippen molar-refractivity contribution in [2.45, 2.75) is 13.8 Å². The Morgan fingerprint density at radius 1 is 1.44 bits per heavy atom. The van der Waals surface area contributed by atoms with Crippen molar-refractivity contribution < 1.29 is 0 Å². The molecule has 0 aromatic heterocycles. The summed E-state index contributed by atoms with van der Waals surface area (Å²) in [7, 11) is 0. The minimum absolute atomic E-state index is 0.827. The Kier molecular flexibility index (Phi) is 4.16. The fourth-order valence-corrected chi connectivity index (χ4v) is 0.390. The molecule has 0 aliphatic carbocycles. The molecule has 0 bridgehead atoms. The van der Waals surface area contributed by atoms with E-state index in [1.165, 1.54) is 0 Å². The van der Waals surface area contributed by atoms with E-state index in [-0.39, 0.29) is 0 Å². The third kappa shape index (κ3) is 4.04. The van der Waals surface area contributed by atoms with Crippen LogP contribution >= 0.6 is 11.6 Å². The molecule has 0 saturated carbocycles. The maximum atomic E-state index is 5.66. The topological polar surface area (TPSA) is 0 Å². The Bertz CT molecular complexity index is 148. The van der Waals surface area contributed by atoms with E-state index in [4.69, 9.17) is 11.6 Å². The van der Waals surface area contributed by atoms with E-state index < -0.39 is 0 Å². The second-order valence-corrected chi connectivity index (χ2v) is 2.38. The number of allylic oxidation sites excluding steroid dienone is 5. The molecule has 0 spiro atoms. The van der Waals surface area contributed by atoms with Gasteiger partial charge in [-0.3, -0.25) is 0 Å². The van der Waals surface area contributed by atoms with Gasteiger partial charge in [-0.2, -0.15) is 0 Å². The second-order valence-electron chi connectivity index (χ2n) is 1.81. The highest BCUT2D eigenvalue weighted by Gasteiger charge is 1.83. The summed E-state index contributed by atoms with van der Waals surface area (Å²) in [5, 5.41) is 0.827. The lowest BCUT2D eigenvalue weighted by Gasteiger charge is -1.89. The van der Waals surface area contributed by atoms with E-state index >= 15 is 0 Å². The average Bonchev–Trinajstić information content (AvgIpc) is 1.82. The van der Waals surface area contributed by atoms with Crippen molar-refractivity contribution >= 4 is 11.6 Å². The molecule has 0 heterocycles. The van der Waals surface area contributed by atoms with Gasteiger partial charge in [0.25, 0.3) is 0 Å². The molecule has 9 heavy (non-hydrogen) atoms. The Labute approximate surface area is 61.5 Å². The van der Waals surface area contributed by atoms with Gasteiger partial charge in [-0.15, -0.1) is 0 Å². The fraction of sp³-hybridized carbons (Fsp3) is 0.250. The standard InChI is InChI=1S/C8H11Cl/c1-4-5-6-7(2)8(3)9/h4-6H,1H2,2-3H3/b6-5-,8-7+. The van der Waals surface area contributed by atoms with E-state index in [2.05, 4.69) is 6.58 Å². The van der Waals surface area contributed by atoms with Crippen molar-refractivity contribution in [3.05, 3.63) is 35.4 Å². The maximum Gasteiger partial charge on any atom is 0.0179 e. The van der Waals surface area contributed by atoms with E-state index in [1.54, 1.807) is 6.08 Å². The van der Waals surface area contributed by atoms with Crippen LogP contribution in [-0.4, -0.2) is 0 Å². The van der Waals surface area contributed by atoms with E-state index in [1.807, 2.05) is 26.0 Å². The van der Waals surface area contributed by atoms with Crippen molar-refractivity contribution in [1.82, 2.24) is 0 Å². The lowest BCUT2D eigenvalue weighted by atomic mass is 10.2. The Morgan fingerprint density at radius 3 is 2.33 bits per heavy atom. The second kappa shape index (κ2) is 4.39. The van der Waals surface area contributed by atoms with Gasteiger partial charge in [0, 0.05) is 5.03 Å². The monoisotopic (exact) mass is 142 g/mol. The van der Waals surface area contributed by atoms with Crippen LogP contribution in [-0.2, 0) is 0 Å². The Balaban J connectivity index is 4.06. The molecule has 0 rings (SSSR count). The smallest absolute Gasteiger partial charge is 0.0179 e. The van der Waals surface area contributed by atoms with Crippen molar-refractivity contribution in [3.63, 3.8) is 0 Å². The van der Waals surface area contributed by atoms with Gasteiger partial charge in [0.05, 0.1) is 0 Å². The molecule has 0 N–H and O–H groups in total. The summed E-state index contributed by atoms with van der Waals surface area (Å²) in [5.41, 5.74) is 1.08. The fourth-order valence-electron chi connectivity index (χ4n) is 0.327. The number of hydrogen-bond donors (Lipinski definition) is 0. The number of hydrogen-bond acceptors (Lipinski definition) is 0. The SMILES string of the molecule is C=C/C=C\C(C)=C(/C)Cl. The first-order valence-corrected chi connectivity index (χ1v) is 3.18. The lowest BCUT2D eigenvalue weighted by Crippen LogP contribution is -1.68. The molecular formula is C8H11Cl. The van der Waals surface area contributed by atoms with Crippen LogP contribution in [0.4, 0.5) is 0 Å². The molecule has 0 amide bonds. The van der Waals surface area contributed by atoms with Gasteiger partial charge in [0.2, 0.25) is 0 Å². The third-order valence-electron chi connectivity index (χ3n) is 1.03. The van der Waals surface area contributed by atoms with Crippen LogP contribution in [0.25, 0.3) is 0 Å². The Hall–Kier alpha value is -0.490. The first-order chi connectivity index (χ1) is 4.18. The van der Waals surface area contributed by atoms with Gasteiger partial charge in [-0.25, -0.2) is 0 Å². The predicted octanol–water partition coefficient (Wildman–Crippen LogP) is 3.26. The highest BCUT2D eigenvalue weighted by atomic mass is 35.5. The normalized spacial score (nSPS) is 13.7. The van der Waals surface area contributed by atoms with Crippen LogP contribution in [0.15, 0.2) is 35.4 Å². The first kappa shape index (κ1) is 8.51. The van der Waals surface area contributed by atoms with Crippen LogP contribution in [0.1, 0.15) is 13.8 Å². The summed E-state index contributed by atoms with van der Waals surface area (Å²) in [6.45, 7) is 7.37. The van der Waals surface area contributed by atoms with Crippen molar-refractivity contribution in [2.24, 2.45) is 0 Å². The molecule has 0 nitrogen and oxygen atoms in total. The largest absolute Gasteiger partial charge is 0.0991 e. The van der Waals surface area contributed by atoms with Crippen molar-refractivity contribution in [1.29, 1.82) is 0 Å². The summed E-state index contributed by atoms with van der Waals surface area (Å²) >= 11 is 5.66. The zero-order chi connectivity index (χ0) is 7.28. The molecule has 0 fully saturated rings. The van der Waals surface area contributed by atoms with Gasteiger partial charge in [0.1, 0.15) is 0 Å². The van der Waals surface area contributed by atoms with Crippen LogP contribution in [0, 0.1) is 0 Å². The van der Waals surface area contributed by atoms with Gasteiger partial charge < -0.3 is 0 Å². The molecule has 0 aromatic carbocycles. The quantitative estimate of drug-likeness (QED) is 0.520. The predicted molar refractivity (Wildman–Crippen MR) is 43.6 cm³/mol. The van der Waals surface area contributed by atoms with Crippen LogP contribution < -0.4 is 0 Å². The number of halogens is 1. The molecule has 0 radical (unpaired) electrons. The first-order valence-electron chi connectivity index (χ1n) is 2.80. The van der Waals surface area contributed by atoms with Crippen molar-refractivity contribution in [2.75, 3.05) is 0 Å². The highest BCUT2D eigenvalue weighted by Crippen LogP contribution is 2.07. The minimum atomic E-state index is 0.827. The summed E-state index contributed by atoms with van der Waals surface area (Å²) in [4.78, 5) is 0. The summed E-state index contributed by atoms with van der Waals surface area (Å²) in [6.07, 6.45) is 5.51. The van der Waals surface area contributed by atoms with E-state index in [0.717, 1.165) is 10.6 Å². The summed E-state index contributed by atoms with van der Waals surface area (Å²) in [5.74, 6) is 0. The van der Waals surface area contributed by atoms with Gasteiger partial charge in [-0.05, 0) is 19.4 Å². The highest BCUT2D eigenvalue weighted by molar-refractivity contribution is 6.29. The zero-order valence-electron chi connectivity index (χ0n) is 5.82. The molecule has 0 atom stereocenters. The van der Waals surface area contributed by atoms with Crippen LogP contribution in [0.2, 0.25) is 0 Å². The molecule has 0 saturated heterocycles. The van der Waals surface area contributed by atoms with E-state index in [0.29, 0.717) is 0 Å². The molecule has 0 unspecified atom stereocenters. The molecule has 50 valence electrons.